The number of nitrogens with one attached hydrogen (secondary N) is 1. The summed E-state index contributed by atoms with van der Waals surface area (Å²) in [6.45, 7) is 4.22. The molecular formula is C19H19ClN4O3. The molecule has 140 valence electrons. The molecule has 2 aromatic carbocycles. The molecule has 0 saturated carbocycles. The van der Waals surface area contributed by atoms with E-state index < -0.39 is 0 Å². The van der Waals surface area contributed by atoms with Gasteiger partial charge in [0.15, 0.2) is 11.5 Å². The largest absolute Gasteiger partial charge is 0.486 e. The molecule has 0 fully saturated rings. The lowest BCUT2D eigenvalue weighted by atomic mass is 10.1. The van der Waals surface area contributed by atoms with Crippen molar-refractivity contribution in [2.24, 2.45) is 0 Å². The number of benzene rings is 2. The van der Waals surface area contributed by atoms with Crippen molar-refractivity contribution in [2.75, 3.05) is 19.8 Å². The molecule has 0 atom stereocenters. The SMILES string of the molecule is CCn1nnc2cc(C(=O)NCCc3cc(Cl)c4c(c3)OCCO4)ccc21. The van der Waals surface area contributed by atoms with Gasteiger partial charge in [0, 0.05) is 18.7 Å². The van der Waals surface area contributed by atoms with Crippen LogP contribution in [0.2, 0.25) is 5.02 Å². The number of rotatable bonds is 5. The van der Waals surface area contributed by atoms with Crippen LogP contribution in [0.5, 0.6) is 11.5 Å². The molecule has 0 aliphatic carbocycles. The smallest absolute Gasteiger partial charge is 0.251 e. The summed E-state index contributed by atoms with van der Waals surface area (Å²) >= 11 is 6.25. The van der Waals surface area contributed by atoms with E-state index >= 15 is 0 Å². The molecule has 1 aliphatic rings. The maximum Gasteiger partial charge on any atom is 0.251 e. The van der Waals surface area contributed by atoms with Crippen LogP contribution in [-0.2, 0) is 13.0 Å². The summed E-state index contributed by atoms with van der Waals surface area (Å²) < 4.78 is 12.9. The van der Waals surface area contributed by atoms with Gasteiger partial charge in [0.1, 0.15) is 18.7 Å². The maximum atomic E-state index is 12.4. The molecule has 2 heterocycles. The maximum absolute atomic E-state index is 12.4. The van der Waals surface area contributed by atoms with Crippen LogP contribution in [0.4, 0.5) is 0 Å². The second kappa shape index (κ2) is 7.44. The fourth-order valence-electron chi connectivity index (χ4n) is 3.08. The van der Waals surface area contributed by atoms with Crippen LogP contribution in [0.1, 0.15) is 22.8 Å². The number of ether oxygens (including phenoxy) is 2. The third kappa shape index (κ3) is 3.55. The van der Waals surface area contributed by atoms with Gasteiger partial charge in [0.05, 0.1) is 10.5 Å². The lowest BCUT2D eigenvalue weighted by Gasteiger charge is -2.20. The predicted molar refractivity (Wildman–Crippen MR) is 102 cm³/mol. The van der Waals surface area contributed by atoms with Crippen LogP contribution in [-0.4, -0.2) is 40.7 Å². The van der Waals surface area contributed by atoms with E-state index in [9.17, 15) is 4.79 Å². The van der Waals surface area contributed by atoms with E-state index in [2.05, 4.69) is 15.6 Å². The molecule has 0 spiro atoms. The van der Waals surface area contributed by atoms with Gasteiger partial charge in [-0.1, -0.05) is 16.8 Å². The molecule has 1 amide bonds. The number of fused-ring (bicyclic) bond motifs is 2. The highest BCUT2D eigenvalue weighted by Crippen LogP contribution is 2.38. The monoisotopic (exact) mass is 386 g/mol. The lowest BCUT2D eigenvalue weighted by Crippen LogP contribution is -2.25. The molecule has 0 unspecified atom stereocenters. The number of aromatic nitrogens is 3. The number of nitrogens with zero attached hydrogens (tertiary/aromatic N) is 3. The van der Waals surface area contributed by atoms with Gasteiger partial charge in [-0.25, -0.2) is 4.68 Å². The van der Waals surface area contributed by atoms with E-state index in [1.54, 1.807) is 16.8 Å². The Morgan fingerprint density at radius 2 is 2.11 bits per heavy atom. The van der Waals surface area contributed by atoms with Crippen LogP contribution in [0.25, 0.3) is 11.0 Å². The summed E-state index contributed by atoms with van der Waals surface area (Å²) in [7, 11) is 0. The summed E-state index contributed by atoms with van der Waals surface area (Å²) in [6.07, 6.45) is 0.635. The molecule has 1 aliphatic heterocycles. The van der Waals surface area contributed by atoms with E-state index in [1.165, 1.54) is 0 Å². The van der Waals surface area contributed by atoms with Crippen molar-refractivity contribution in [3.05, 3.63) is 46.5 Å². The van der Waals surface area contributed by atoms with Gasteiger partial charge in [0.2, 0.25) is 0 Å². The van der Waals surface area contributed by atoms with Crippen LogP contribution < -0.4 is 14.8 Å². The van der Waals surface area contributed by atoms with Crippen molar-refractivity contribution < 1.29 is 14.3 Å². The number of halogens is 1. The first-order valence-electron chi connectivity index (χ1n) is 8.85. The average molecular weight is 387 g/mol. The van der Waals surface area contributed by atoms with Crippen molar-refractivity contribution in [2.45, 2.75) is 19.9 Å². The molecule has 0 bridgehead atoms. The third-order valence-corrected chi connectivity index (χ3v) is 4.71. The van der Waals surface area contributed by atoms with Gasteiger partial charge in [0.25, 0.3) is 5.91 Å². The van der Waals surface area contributed by atoms with E-state index in [1.807, 2.05) is 25.1 Å². The number of aryl methyl sites for hydroxylation is 1. The van der Waals surface area contributed by atoms with E-state index in [0.717, 1.165) is 17.6 Å². The molecule has 3 aromatic rings. The van der Waals surface area contributed by atoms with Crippen molar-refractivity contribution in [1.82, 2.24) is 20.3 Å². The molecule has 1 aromatic heterocycles. The minimum Gasteiger partial charge on any atom is -0.486 e. The Bertz CT molecular complexity index is 1000. The highest BCUT2D eigenvalue weighted by molar-refractivity contribution is 6.32. The predicted octanol–water partition coefficient (Wildman–Crippen LogP) is 2.85. The average Bonchev–Trinajstić information content (AvgIpc) is 3.10. The fraction of sp³-hybridized carbons (Fsp3) is 0.316. The van der Waals surface area contributed by atoms with Crippen LogP contribution in [0.3, 0.4) is 0 Å². The standard InChI is InChI=1S/C19H19ClN4O3/c1-2-24-16-4-3-13(11-15(16)22-23-24)19(25)21-6-5-12-9-14(20)18-17(10-12)26-7-8-27-18/h3-4,9-11H,2,5-8H2,1H3,(H,21,25). The molecule has 1 N–H and O–H groups in total. The van der Waals surface area contributed by atoms with Gasteiger partial charge < -0.3 is 14.8 Å². The summed E-state index contributed by atoms with van der Waals surface area (Å²) in [5, 5.41) is 11.6. The summed E-state index contributed by atoms with van der Waals surface area (Å²) in [6, 6.07) is 9.16. The van der Waals surface area contributed by atoms with E-state index in [0.29, 0.717) is 53.8 Å². The minimum absolute atomic E-state index is 0.147. The highest BCUT2D eigenvalue weighted by Gasteiger charge is 2.17. The number of hydrogen-bond acceptors (Lipinski definition) is 5. The first-order valence-corrected chi connectivity index (χ1v) is 9.23. The Kier molecular flexibility index (Phi) is 4.85. The van der Waals surface area contributed by atoms with Gasteiger partial charge >= 0.3 is 0 Å². The van der Waals surface area contributed by atoms with Gasteiger partial charge in [-0.3, -0.25) is 4.79 Å². The summed E-state index contributed by atoms with van der Waals surface area (Å²) in [5.74, 6) is 1.09. The Balaban J connectivity index is 1.40. The molecule has 0 saturated heterocycles. The van der Waals surface area contributed by atoms with E-state index in [4.69, 9.17) is 21.1 Å². The molecule has 7 nitrogen and oxygen atoms in total. The number of amides is 1. The Morgan fingerprint density at radius 1 is 1.26 bits per heavy atom. The van der Waals surface area contributed by atoms with Crippen LogP contribution in [0, 0.1) is 0 Å². The molecular weight excluding hydrogens is 368 g/mol. The zero-order chi connectivity index (χ0) is 18.8. The summed E-state index contributed by atoms with van der Waals surface area (Å²) in [5.41, 5.74) is 3.17. The van der Waals surface area contributed by atoms with Crippen molar-refractivity contribution in [3.8, 4) is 11.5 Å². The topological polar surface area (TPSA) is 78.3 Å². The number of carbonyl (C=O) groups is 1. The van der Waals surface area contributed by atoms with Gasteiger partial charge in [-0.05, 0) is 49.2 Å². The Morgan fingerprint density at radius 3 is 2.96 bits per heavy atom. The van der Waals surface area contributed by atoms with Crippen molar-refractivity contribution >= 4 is 28.5 Å². The van der Waals surface area contributed by atoms with Crippen molar-refractivity contribution in [3.63, 3.8) is 0 Å². The zero-order valence-corrected chi connectivity index (χ0v) is 15.6. The van der Waals surface area contributed by atoms with Crippen molar-refractivity contribution in [1.29, 1.82) is 0 Å². The second-order valence-corrected chi connectivity index (χ2v) is 6.62. The minimum atomic E-state index is -0.147. The second-order valence-electron chi connectivity index (χ2n) is 6.22. The molecule has 27 heavy (non-hydrogen) atoms. The Labute approximate surface area is 161 Å². The molecule has 8 heteroatoms. The normalized spacial score (nSPS) is 13.0. The quantitative estimate of drug-likeness (QED) is 0.729. The zero-order valence-electron chi connectivity index (χ0n) is 14.9. The van der Waals surface area contributed by atoms with Crippen LogP contribution in [0.15, 0.2) is 30.3 Å². The van der Waals surface area contributed by atoms with Crippen LogP contribution >= 0.6 is 11.6 Å². The molecule has 0 radical (unpaired) electrons. The third-order valence-electron chi connectivity index (χ3n) is 4.43. The number of hydrogen-bond donors (Lipinski definition) is 1. The van der Waals surface area contributed by atoms with Gasteiger partial charge in [-0.15, -0.1) is 5.10 Å². The highest BCUT2D eigenvalue weighted by atomic mass is 35.5. The lowest BCUT2D eigenvalue weighted by molar-refractivity contribution is 0.0954. The van der Waals surface area contributed by atoms with Gasteiger partial charge in [-0.2, -0.15) is 0 Å². The Hall–Kier alpha value is -2.80. The summed E-state index contributed by atoms with van der Waals surface area (Å²) in [4.78, 5) is 12.4. The van der Waals surface area contributed by atoms with E-state index in [-0.39, 0.29) is 5.91 Å². The molecule has 4 rings (SSSR count). The first kappa shape index (κ1) is 17.6. The first-order chi connectivity index (χ1) is 13.2. The fourth-order valence-corrected chi connectivity index (χ4v) is 3.37. The number of carbonyl (C=O) groups excluding carboxylic acids is 1.